The second-order valence-corrected chi connectivity index (χ2v) is 10.6. The van der Waals surface area contributed by atoms with Gasteiger partial charge in [-0.25, -0.2) is 8.42 Å². The number of morpholine rings is 1. The van der Waals surface area contributed by atoms with Gasteiger partial charge in [-0.3, -0.25) is 9.59 Å². The third-order valence-electron chi connectivity index (χ3n) is 5.40. The van der Waals surface area contributed by atoms with Crippen LogP contribution in [0, 0.1) is 6.92 Å². The van der Waals surface area contributed by atoms with Crippen molar-refractivity contribution in [3.63, 3.8) is 0 Å². The lowest BCUT2D eigenvalue weighted by Crippen LogP contribution is -2.40. The van der Waals surface area contributed by atoms with E-state index in [4.69, 9.17) is 9.47 Å². The number of thiazole rings is 1. The van der Waals surface area contributed by atoms with Gasteiger partial charge in [0.15, 0.2) is 4.80 Å². The van der Waals surface area contributed by atoms with Gasteiger partial charge in [-0.05, 0) is 49.7 Å². The highest BCUT2D eigenvalue weighted by Gasteiger charge is 2.26. The van der Waals surface area contributed by atoms with E-state index in [1.165, 1.54) is 39.9 Å². The summed E-state index contributed by atoms with van der Waals surface area (Å²) < 4.78 is 39.9. The lowest BCUT2D eigenvalue weighted by Gasteiger charge is -2.26. The van der Waals surface area contributed by atoms with Crippen LogP contribution in [0.5, 0.6) is 0 Å². The van der Waals surface area contributed by atoms with Crippen molar-refractivity contribution in [1.29, 1.82) is 0 Å². The fraction of sp³-hybridized carbons (Fsp3) is 0.348. The number of para-hydroxylation sites is 1. The number of benzene rings is 2. The number of aromatic nitrogens is 1. The van der Waals surface area contributed by atoms with Crippen molar-refractivity contribution in [3.05, 3.63) is 58.4 Å². The van der Waals surface area contributed by atoms with Gasteiger partial charge >= 0.3 is 5.97 Å². The van der Waals surface area contributed by atoms with Gasteiger partial charge < -0.3 is 14.0 Å². The van der Waals surface area contributed by atoms with Gasteiger partial charge in [-0.15, -0.1) is 0 Å². The Kier molecular flexibility index (Phi) is 7.27. The fourth-order valence-electron chi connectivity index (χ4n) is 3.73. The van der Waals surface area contributed by atoms with Gasteiger partial charge in [-0.2, -0.15) is 9.30 Å². The molecule has 1 amide bonds. The monoisotopic (exact) mass is 503 g/mol. The van der Waals surface area contributed by atoms with Crippen molar-refractivity contribution in [2.75, 3.05) is 32.9 Å². The van der Waals surface area contributed by atoms with Gasteiger partial charge in [0, 0.05) is 18.7 Å². The average molecular weight is 504 g/mol. The molecule has 2 heterocycles. The average Bonchev–Trinajstić information content (AvgIpc) is 3.17. The van der Waals surface area contributed by atoms with Gasteiger partial charge in [0.1, 0.15) is 6.54 Å². The Morgan fingerprint density at radius 2 is 1.82 bits per heavy atom. The van der Waals surface area contributed by atoms with Crippen LogP contribution >= 0.6 is 11.3 Å². The molecule has 11 heteroatoms. The minimum Gasteiger partial charge on any atom is -0.465 e. The number of esters is 1. The first-order chi connectivity index (χ1) is 16.3. The van der Waals surface area contributed by atoms with Crippen LogP contribution in [0.3, 0.4) is 0 Å². The van der Waals surface area contributed by atoms with Crippen LogP contribution in [-0.2, 0) is 30.8 Å². The highest BCUT2D eigenvalue weighted by atomic mass is 32.2. The predicted molar refractivity (Wildman–Crippen MR) is 127 cm³/mol. The number of sulfonamides is 1. The molecule has 0 atom stereocenters. The molecule has 4 rings (SSSR count). The summed E-state index contributed by atoms with van der Waals surface area (Å²) in [5, 5.41) is 0. The molecule has 1 saturated heterocycles. The van der Waals surface area contributed by atoms with E-state index in [0.717, 1.165) is 15.8 Å². The van der Waals surface area contributed by atoms with Crippen molar-refractivity contribution >= 4 is 43.5 Å². The number of fused-ring (bicyclic) bond motifs is 1. The van der Waals surface area contributed by atoms with Crippen molar-refractivity contribution in [2.24, 2.45) is 4.99 Å². The number of hydrogen-bond acceptors (Lipinski definition) is 7. The molecule has 0 spiro atoms. The zero-order chi connectivity index (χ0) is 24.3. The Hall–Kier alpha value is -2.86. The first kappa shape index (κ1) is 24.3. The smallest absolute Gasteiger partial charge is 0.326 e. The lowest BCUT2D eigenvalue weighted by atomic mass is 10.2. The molecular weight excluding hydrogens is 478 g/mol. The summed E-state index contributed by atoms with van der Waals surface area (Å²) in [6.07, 6.45) is 0. The van der Waals surface area contributed by atoms with Crippen LogP contribution in [0.15, 0.2) is 52.4 Å². The third-order valence-corrected chi connectivity index (χ3v) is 8.36. The van der Waals surface area contributed by atoms with E-state index in [-0.39, 0.29) is 23.6 Å². The molecule has 0 N–H and O–H groups in total. The minimum atomic E-state index is -3.65. The maximum absolute atomic E-state index is 12.9. The molecule has 3 aromatic rings. The van der Waals surface area contributed by atoms with Crippen molar-refractivity contribution in [3.8, 4) is 0 Å². The molecular formula is C23H25N3O6S2. The van der Waals surface area contributed by atoms with E-state index in [9.17, 15) is 18.0 Å². The van der Waals surface area contributed by atoms with Crippen LogP contribution < -0.4 is 4.80 Å². The van der Waals surface area contributed by atoms with Crippen LogP contribution in [0.2, 0.25) is 0 Å². The first-order valence-corrected chi connectivity index (χ1v) is 13.1. The zero-order valence-electron chi connectivity index (χ0n) is 18.9. The summed E-state index contributed by atoms with van der Waals surface area (Å²) >= 11 is 1.30. The SMILES string of the molecule is CCOC(=O)Cn1c(=NC(=O)c2ccc(S(=O)(=O)N3CCOCC3)cc2)sc2cccc(C)c21. The first-order valence-electron chi connectivity index (χ1n) is 10.8. The van der Waals surface area contributed by atoms with Crippen LogP contribution in [0.1, 0.15) is 22.8 Å². The highest BCUT2D eigenvalue weighted by molar-refractivity contribution is 7.89. The zero-order valence-corrected chi connectivity index (χ0v) is 20.5. The molecule has 0 unspecified atom stereocenters. The minimum absolute atomic E-state index is 0.0679. The fourth-order valence-corrected chi connectivity index (χ4v) is 6.25. The molecule has 0 radical (unpaired) electrons. The van der Waals surface area contributed by atoms with E-state index in [2.05, 4.69) is 4.99 Å². The molecule has 0 aliphatic carbocycles. The number of amides is 1. The highest BCUT2D eigenvalue weighted by Crippen LogP contribution is 2.22. The Balaban J connectivity index is 1.67. The van der Waals surface area contributed by atoms with Crippen LogP contribution in [-0.4, -0.2) is 62.1 Å². The standard InChI is InChI=1S/C23H25N3O6S2/c1-3-32-20(27)15-26-21-16(2)5-4-6-19(21)33-23(26)24-22(28)17-7-9-18(10-8-17)34(29,30)25-11-13-31-14-12-25/h4-10H,3,11-15H2,1-2H3. The Morgan fingerprint density at radius 3 is 2.50 bits per heavy atom. The van der Waals surface area contributed by atoms with E-state index >= 15 is 0 Å². The maximum atomic E-state index is 12.9. The second kappa shape index (κ2) is 10.2. The molecule has 1 aromatic heterocycles. The number of rotatable bonds is 6. The second-order valence-electron chi connectivity index (χ2n) is 7.66. The Bertz CT molecular complexity index is 1380. The molecule has 34 heavy (non-hydrogen) atoms. The largest absolute Gasteiger partial charge is 0.465 e. The normalized spacial score (nSPS) is 15.5. The van der Waals surface area contributed by atoms with Gasteiger partial charge in [-0.1, -0.05) is 23.5 Å². The van der Waals surface area contributed by atoms with Gasteiger partial charge in [0.05, 0.1) is 34.9 Å². The molecule has 0 saturated carbocycles. The Labute approximate surface area is 201 Å². The van der Waals surface area contributed by atoms with Crippen molar-refractivity contribution < 1.29 is 27.5 Å². The van der Waals surface area contributed by atoms with Crippen LogP contribution in [0.4, 0.5) is 0 Å². The van der Waals surface area contributed by atoms with Crippen LogP contribution in [0.25, 0.3) is 10.2 Å². The third kappa shape index (κ3) is 4.97. The van der Waals surface area contributed by atoms with E-state index in [1.54, 1.807) is 11.5 Å². The molecule has 1 fully saturated rings. The number of carbonyl (C=O) groups is 2. The summed E-state index contributed by atoms with van der Waals surface area (Å²) in [5.74, 6) is -0.950. The lowest BCUT2D eigenvalue weighted by molar-refractivity contribution is -0.143. The number of nitrogens with zero attached hydrogens (tertiary/aromatic N) is 3. The van der Waals surface area contributed by atoms with Gasteiger partial charge in [0.25, 0.3) is 5.91 Å². The molecule has 1 aliphatic heterocycles. The number of carbonyl (C=O) groups excluding carboxylic acids is 2. The van der Waals surface area contributed by atoms with E-state index in [0.29, 0.717) is 31.1 Å². The molecule has 0 bridgehead atoms. The summed E-state index contributed by atoms with van der Waals surface area (Å²) in [6.45, 7) is 5.15. The topological polar surface area (TPSA) is 107 Å². The molecule has 180 valence electrons. The summed E-state index contributed by atoms with van der Waals surface area (Å²) in [6, 6.07) is 11.5. The summed E-state index contributed by atoms with van der Waals surface area (Å²) in [4.78, 5) is 29.9. The van der Waals surface area contributed by atoms with Crippen molar-refractivity contribution in [2.45, 2.75) is 25.3 Å². The maximum Gasteiger partial charge on any atom is 0.326 e. The summed E-state index contributed by atoms with van der Waals surface area (Å²) in [5.41, 5.74) is 2.02. The van der Waals surface area contributed by atoms with Crippen molar-refractivity contribution in [1.82, 2.24) is 8.87 Å². The molecule has 1 aliphatic rings. The molecule has 2 aromatic carbocycles. The van der Waals surface area contributed by atoms with E-state index < -0.39 is 21.9 Å². The van der Waals surface area contributed by atoms with E-state index in [1.807, 2.05) is 25.1 Å². The Morgan fingerprint density at radius 1 is 1.12 bits per heavy atom. The number of aryl methyl sites for hydroxylation is 1. The predicted octanol–water partition coefficient (Wildman–Crippen LogP) is 2.34. The van der Waals surface area contributed by atoms with Gasteiger partial charge in [0.2, 0.25) is 10.0 Å². The summed E-state index contributed by atoms with van der Waals surface area (Å²) in [7, 11) is -3.65. The number of ether oxygens (including phenoxy) is 2. The quantitative estimate of drug-likeness (QED) is 0.478. The number of hydrogen-bond donors (Lipinski definition) is 0. The molecule has 9 nitrogen and oxygen atoms in total.